The van der Waals surface area contributed by atoms with Crippen LogP contribution in [0.25, 0.3) is 0 Å². The Morgan fingerprint density at radius 3 is 2.61 bits per heavy atom. The van der Waals surface area contributed by atoms with Crippen LogP contribution in [0.15, 0.2) is 27.8 Å². The summed E-state index contributed by atoms with van der Waals surface area (Å²) in [7, 11) is -0.694. The Kier molecular flexibility index (Phi) is 10.9. The van der Waals surface area contributed by atoms with Crippen LogP contribution in [0.3, 0.4) is 0 Å². The average molecular weight is 522 g/mol. The van der Waals surface area contributed by atoms with E-state index in [0.29, 0.717) is 23.9 Å². The smallest absolute Gasteiger partial charge is 0.191 e. The third-order valence-electron chi connectivity index (χ3n) is 5.78. The highest BCUT2D eigenvalue weighted by molar-refractivity contribution is 14.0. The fourth-order valence-corrected chi connectivity index (χ4v) is 5.60. The molecule has 0 amide bonds. The highest BCUT2D eigenvalue weighted by Crippen LogP contribution is 2.23. The summed E-state index contributed by atoms with van der Waals surface area (Å²) in [6.45, 7) is 2.74. The third kappa shape index (κ3) is 7.69. The monoisotopic (exact) mass is 521 g/mol. The summed E-state index contributed by atoms with van der Waals surface area (Å²) in [4.78, 5) is 4.84. The van der Waals surface area contributed by atoms with E-state index >= 15 is 0 Å². The van der Waals surface area contributed by atoms with Gasteiger partial charge in [-0.1, -0.05) is 32.6 Å². The zero-order chi connectivity index (χ0) is 18.9. The minimum absolute atomic E-state index is 0. The van der Waals surface area contributed by atoms with Gasteiger partial charge in [-0.3, -0.25) is 9.20 Å². The normalized spacial score (nSPS) is 25.0. The topological polar surface area (TPSA) is 66.6 Å². The Morgan fingerprint density at radius 1 is 1.14 bits per heavy atom. The molecule has 3 rings (SSSR count). The quantitative estimate of drug-likeness (QED) is 0.318. The molecule has 2 aliphatic rings. The van der Waals surface area contributed by atoms with E-state index in [1.54, 1.807) is 6.26 Å². The molecule has 1 aromatic heterocycles. The van der Waals surface area contributed by atoms with Crippen LogP contribution < -0.4 is 10.6 Å². The van der Waals surface area contributed by atoms with Crippen molar-refractivity contribution >= 4 is 40.7 Å². The van der Waals surface area contributed by atoms with Gasteiger partial charge in [0, 0.05) is 46.9 Å². The first-order valence-corrected chi connectivity index (χ1v) is 12.1. The maximum absolute atomic E-state index is 12.2. The highest BCUT2D eigenvalue weighted by Gasteiger charge is 2.26. The molecule has 1 aromatic rings. The summed E-state index contributed by atoms with van der Waals surface area (Å²) >= 11 is 0. The van der Waals surface area contributed by atoms with Crippen LogP contribution in [-0.4, -0.2) is 39.8 Å². The molecule has 0 saturated heterocycles. The molecule has 0 spiro atoms. The van der Waals surface area contributed by atoms with Crippen LogP contribution in [-0.2, 0) is 17.2 Å². The van der Waals surface area contributed by atoms with Crippen molar-refractivity contribution in [3.8, 4) is 0 Å². The maximum atomic E-state index is 12.2. The molecule has 3 atom stereocenters. The van der Waals surface area contributed by atoms with E-state index < -0.39 is 10.8 Å². The number of rotatable bonds is 7. The zero-order valence-corrected chi connectivity index (χ0v) is 20.2. The second kappa shape index (κ2) is 12.9. The zero-order valence-electron chi connectivity index (χ0n) is 17.0. The van der Waals surface area contributed by atoms with Crippen LogP contribution in [0.1, 0.15) is 70.5 Å². The van der Waals surface area contributed by atoms with Gasteiger partial charge in [-0.05, 0) is 44.2 Å². The minimum atomic E-state index is -0.694. The second-order valence-electron chi connectivity index (χ2n) is 7.84. The Hall–Kier alpha value is -0.570. The number of hydrogen-bond donors (Lipinski definition) is 2. The fourth-order valence-electron chi connectivity index (χ4n) is 4.25. The molecule has 0 aliphatic heterocycles. The van der Waals surface area contributed by atoms with E-state index in [2.05, 4.69) is 10.6 Å². The molecule has 0 bridgehead atoms. The van der Waals surface area contributed by atoms with Crippen molar-refractivity contribution in [2.24, 2.45) is 4.99 Å². The van der Waals surface area contributed by atoms with Crippen molar-refractivity contribution in [1.82, 2.24) is 10.6 Å². The number of aliphatic imine (C=N–C) groups is 1. The summed E-state index contributed by atoms with van der Waals surface area (Å²) in [6, 6.07) is 4.83. The Bertz CT molecular complexity index is 603. The van der Waals surface area contributed by atoms with E-state index in [9.17, 15) is 4.21 Å². The summed E-state index contributed by atoms with van der Waals surface area (Å²) in [5, 5.41) is 7.67. The largest absolute Gasteiger partial charge is 0.469 e. The molecule has 1 heterocycles. The number of nitrogens with one attached hydrogen (secondary N) is 2. The molecule has 0 radical (unpaired) electrons. The van der Waals surface area contributed by atoms with E-state index in [-0.39, 0.29) is 24.0 Å². The van der Waals surface area contributed by atoms with Gasteiger partial charge in [0.1, 0.15) is 5.76 Å². The van der Waals surface area contributed by atoms with Gasteiger partial charge in [-0.25, -0.2) is 0 Å². The van der Waals surface area contributed by atoms with Gasteiger partial charge in [-0.2, -0.15) is 0 Å². The van der Waals surface area contributed by atoms with Crippen molar-refractivity contribution in [3.05, 3.63) is 24.2 Å². The van der Waals surface area contributed by atoms with Gasteiger partial charge >= 0.3 is 0 Å². The van der Waals surface area contributed by atoms with E-state index in [0.717, 1.165) is 49.6 Å². The molecule has 7 heteroatoms. The predicted molar refractivity (Wildman–Crippen MR) is 128 cm³/mol. The van der Waals surface area contributed by atoms with Crippen LogP contribution in [0.2, 0.25) is 0 Å². The average Bonchev–Trinajstić information content (AvgIpc) is 3.22. The summed E-state index contributed by atoms with van der Waals surface area (Å²) in [6.07, 6.45) is 13.3. The SMILES string of the molecule is CCS(=O)C1CCCC(NC(=NCCc2ccco2)NC2CCCCC2)C1.I. The van der Waals surface area contributed by atoms with Gasteiger partial charge in [-0.15, -0.1) is 24.0 Å². The number of hydrogen-bond acceptors (Lipinski definition) is 3. The predicted octanol–water partition coefficient (Wildman–Crippen LogP) is 4.39. The molecule has 160 valence electrons. The van der Waals surface area contributed by atoms with E-state index in [1.165, 1.54) is 32.1 Å². The Balaban J connectivity index is 0.00000280. The van der Waals surface area contributed by atoms with E-state index in [4.69, 9.17) is 9.41 Å². The van der Waals surface area contributed by atoms with Crippen LogP contribution in [0, 0.1) is 0 Å². The van der Waals surface area contributed by atoms with Gasteiger partial charge < -0.3 is 15.1 Å². The molecular weight excluding hydrogens is 485 g/mol. The molecule has 2 saturated carbocycles. The van der Waals surface area contributed by atoms with Gasteiger partial charge in [0.05, 0.1) is 6.26 Å². The highest BCUT2D eigenvalue weighted by atomic mass is 127. The molecule has 28 heavy (non-hydrogen) atoms. The molecule has 2 aliphatic carbocycles. The maximum Gasteiger partial charge on any atom is 0.191 e. The van der Waals surface area contributed by atoms with Crippen molar-refractivity contribution in [2.75, 3.05) is 12.3 Å². The summed E-state index contributed by atoms with van der Waals surface area (Å²) in [5.74, 6) is 2.68. The lowest BCUT2D eigenvalue weighted by molar-refractivity contribution is 0.390. The molecule has 0 aromatic carbocycles. The lowest BCUT2D eigenvalue weighted by Crippen LogP contribution is -2.50. The second-order valence-corrected chi connectivity index (χ2v) is 9.84. The first-order valence-electron chi connectivity index (χ1n) is 10.7. The molecule has 3 unspecified atom stereocenters. The Labute approximate surface area is 189 Å². The van der Waals surface area contributed by atoms with Crippen LogP contribution in [0.4, 0.5) is 0 Å². The first kappa shape index (κ1) is 23.7. The van der Waals surface area contributed by atoms with Gasteiger partial charge in [0.15, 0.2) is 5.96 Å². The Morgan fingerprint density at radius 2 is 1.89 bits per heavy atom. The summed E-state index contributed by atoms with van der Waals surface area (Å²) < 4.78 is 17.7. The number of nitrogens with zero attached hydrogens (tertiary/aromatic N) is 1. The van der Waals surface area contributed by atoms with Crippen molar-refractivity contribution in [3.63, 3.8) is 0 Å². The molecule has 2 fully saturated rings. The number of halogens is 1. The van der Waals surface area contributed by atoms with Crippen molar-refractivity contribution in [1.29, 1.82) is 0 Å². The first-order chi connectivity index (χ1) is 13.2. The lowest BCUT2D eigenvalue weighted by atomic mass is 9.94. The third-order valence-corrected chi connectivity index (χ3v) is 7.52. The van der Waals surface area contributed by atoms with Crippen LogP contribution in [0.5, 0.6) is 0 Å². The summed E-state index contributed by atoms with van der Waals surface area (Å²) in [5.41, 5.74) is 0. The minimum Gasteiger partial charge on any atom is -0.469 e. The van der Waals surface area contributed by atoms with Crippen LogP contribution >= 0.6 is 24.0 Å². The molecule has 5 nitrogen and oxygen atoms in total. The van der Waals surface area contributed by atoms with Gasteiger partial charge in [0.25, 0.3) is 0 Å². The molecule has 2 N–H and O–H groups in total. The van der Waals surface area contributed by atoms with Gasteiger partial charge in [0.2, 0.25) is 0 Å². The van der Waals surface area contributed by atoms with Crippen molar-refractivity contribution < 1.29 is 8.63 Å². The number of guanidine groups is 1. The molecular formula is C21H36IN3O2S. The van der Waals surface area contributed by atoms with Crippen molar-refractivity contribution in [2.45, 2.75) is 88.5 Å². The standard InChI is InChI=1S/C21H35N3O2S.HI/c1-2-27(25)20-12-6-10-18(16-20)24-21(23-17-8-4-3-5-9-17)22-14-13-19-11-7-15-26-19;/h7,11,15,17-18,20H,2-6,8-10,12-14,16H2,1H3,(H2,22,23,24);1H. The number of furan rings is 1. The lowest BCUT2D eigenvalue weighted by Gasteiger charge is -2.32. The fraction of sp³-hybridized carbons (Fsp3) is 0.762. The van der Waals surface area contributed by atoms with E-state index in [1.807, 2.05) is 19.1 Å².